The predicted molar refractivity (Wildman–Crippen MR) is 83.4 cm³/mol. The highest BCUT2D eigenvalue weighted by atomic mass is 32.2. The molecule has 0 bridgehead atoms. The van der Waals surface area contributed by atoms with Gasteiger partial charge in [-0.2, -0.15) is 0 Å². The SMILES string of the molecule is CNCc1cc(S(=O)(=O)NC2CCCC(C)CC2)cs1. The molecule has 1 fully saturated rings. The summed E-state index contributed by atoms with van der Waals surface area (Å²) in [4.78, 5) is 1.45. The van der Waals surface area contributed by atoms with Crippen LogP contribution in [-0.4, -0.2) is 21.5 Å². The van der Waals surface area contributed by atoms with E-state index < -0.39 is 10.0 Å². The zero-order chi connectivity index (χ0) is 14.6. The van der Waals surface area contributed by atoms with Gasteiger partial charge in [0.2, 0.25) is 10.0 Å². The molecular formula is C14H24N2O2S2. The van der Waals surface area contributed by atoms with E-state index in [4.69, 9.17) is 0 Å². The van der Waals surface area contributed by atoms with Gasteiger partial charge in [-0.05, 0) is 38.3 Å². The Morgan fingerprint density at radius 1 is 1.30 bits per heavy atom. The summed E-state index contributed by atoms with van der Waals surface area (Å²) in [6.45, 7) is 2.96. The van der Waals surface area contributed by atoms with E-state index in [1.54, 1.807) is 11.4 Å². The number of sulfonamides is 1. The molecule has 0 aromatic carbocycles. The molecule has 0 amide bonds. The van der Waals surface area contributed by atoms with Crippen LogP contribution in [0.15, 0.2) is 16.3 Å². The number of nitrogens with one attached hydrogen (secondary N) is 2. The molecule has 2 N–H and O–H groups in total. The van der Waals surface area contributed by atoms with Gasteiger partial charge in [-0.25, -0.2) is 13.1 Å². The lowest BCUT2D eigenvalue weighted by atomic mass is 10.0. The molecule has 1 saturated carbocycles. The fourth-order valence-corrected chi connectivity index (χ4v) is 5.25. The number of rotatable bonds is 5. The van der Waals surface area contributed by atoms with Gasteiger partial charge in [0, 0.05) is 22.8 Å². The third-order valence-corrected chi connectivity index (χ3v) is 6.46. The molecule has 4 nitrogen and oxygen atoms in total. The Morgan fingerprint density at radius 3 is 2.85 bits per heavy atom. The smallest absolute Gasteiger partial charge is 0.241 e. The van der Waals surface area contributed by atoms with Crippen LogP contribution in [0, 0.1) is 5.92 Å². The lowest BCUT2D eigenvalue weighted by Crippen LogP contribution is -2.34. The fraction of sp³-hybridized carbons (Fsp3) is 0.714. The Balaban J connectivity index is 2.02. The monoisotopic (exact) mass is 316 g/mol. The molecule has 0 spiro atoms. The van der Waals surface area contributed by atoms with Gasteiger partial charge in [0.05, 0.1) is 4.90 Å². The van der Waals surface area contributed by atoms with Crippen molar-refractivity contribution in [3.63, 3.8) is 0 Å². The first-order chi connectivity index (χ1) is 9.51. The molecule has 1 aliphatic carbocycles. The maximum atomic E-state index is 12.4. The second kappa shape index (κ2) is 7.02. The molecule has 1 aromatic rings. The first-order valence-corrected chi connectivity index (χ1v) is 9.62. The Morgan fingerprint density at radius 2 is 2.10 bits per heavy atom. The minimum atomic E-state index is -3.36. The Kier molecular flexibility index (Phi) is 5.60. The molecular weight excluding hydrogens is 292 g/mol. The van der Waals surface area contributed by atoms with E-state index in [1.807, 2.05) is 7.05 Å². The van der Waals surface area contributed by atoms with E-state index in [1.165, 1.54) is 17.8 Å². The highest BCUT2D eigenvalue weighted by molar-refractivity contribution is 7.89. The number of thiophene rings is 1. The van der Waals surface area contributed by atoms with Crippen LogP contribution in [0.5, 0.6) is 0 Å². The van der Waals surface area contributed by atoms with Gasteiger partial charge in [0.15, 0.2) is 0 Å². The summed E-state index contributed by atoms with van der Waals surface area (Å²) in [7, 11) is -1.50. The molecule has 6 heteroatoms. The first kappa shape index (κ1) is 15.9. The highest BCUT2D eigenvalue weighted by Gasteiger charge is 2.23. The molecule has 2 atom stereocenters. The quantitative estimate of drug-likeness (QED) is 0.821. The van der Waals surface area contributed by atoms with Crippen molar-refractivity contribution in [3.05, 3.63) is 16.3 Å². The molecule has 0 saturated heterocycles. The number of hydrogen-bond acceptors (Lipinski definition) is 4. The van der Waals surface area contributed by atoms with Crippen molar-refractivity contribution in [2.24, 2.45) is 5.92 Å². The van der Waals surface area contributed by atoms with Crippen molar-refractivity contribution in [1.82, 2.24) is 10.0 Å². The van der Waals surface area contributed by atoms with Crippen molar-refractivity contribution < 1.29 is 8.42 Å². The molecule has 114 valence electrons. The first-order valence-electron chi connectivity index (χ1n) is 7.25. The van der Waals surface area contributed by atoms with Crippen LogP contribution < -0.4 is 10.0 Å². The van der Waals surface area contributed by atoms with Gasteiger partial charge in [0.25, 0.3) is 0 Å². The van der Waals surface area contributed by atoms with Crippen molar-refractivity contribution in [2.45, 2.75) is 56.5 Å². The molecule has 0 aliphatic heterocycles. The topological polar surface area (TPSA) is 58.2 Å². The van der Waals surface area contributed by atoms with Crippen LogP contribution in [-0.2, 0) is 16.6 Å². The second-order valence-corrected chi connectivity index (χ2v) is 8.42. The predicted octanol–water partition coefficient (Wildman–Crippen LogP) is 2.71. The van der Waals surface area contributed by atoms with Gasteiger partial charge in [-0.3, -0.25) is 0 Å². The van der Waals surface area contributed by atoms with Gasteiger partial charge in [-0.15, -0.1) is 11.3 Å². The van der Waals surface area contributed by atoms with Crippen LogP contribution in [0.4, 0.5) is 0 Å². The summed E-state index contributed by atoms with van der Waals surface area (Å²) in [6.07, 6.45) is 5.35. The normalized spacial score (nSPS) is 24.5. The van der Waals surface area contributed by atoms with Crippen LogP contribution >= 0.6 is 11.3 Å². The summed E-state index contributed by atoms with van der Waals surface area (Å²) in [6, 6.07) is 1.86. The van der Waals surface area contributed by atoms with Gasteiger partial charge in [-0.1, -0.05) is 19.8 Å². The minimum Gasteiger partial charge on any atom is -0.315 e. The molecule has 2 unspecified atom stereocenters. The lowest BCUT2D eigenvalue weighted by Gasteiger charge is -2.15. The van der Waals surface area contributed by atoms with Crippen LogP contribution in [0.3, 0.4) is 0 Å². The largest absolute Gasteiger partial charge is 0.315 e. The Labute approximate surface area is 126 Å². The van der Waals surface area contributed by atoms with Crippen LogP contribution in [0.25, 0.3) is 0 Å². The average Bonchev–Trinajstić information content (AvgIpc) is 2.77. The van der Waals surface area contributed by atoms with Crippen LogP contribution in [0.1, 0.15) is 43.9 Å². The molecule has 1 aliphatic rings. The molecule has 20 heavy (non-hydrogen) atoms. The standard InChI is InChI=1S/C14H24N2O2S2/c1-11-4-3-5-12(7-6-11)16-20(17,18)14-8-13(9-15-2)19-10-14/h8,10-12,15-16H,3-7,9H2,1-2H3. The maximum absolute atomic E-state index is 12.4. The van der Waals surface area contributed by atoms with Crippen LogP contribution in [0.2, 0.25) is 0 Å². The van der Waals surface area contributed by atoms with Crippen molar-refractivity contribution >= 4 is 21.4 Å². The Hall–Kier alpha value is -0.430. The van der Waals surface area contributed by atoms with Crippen molar-refractivity contribution in [3.8, 4) is 0 Å². The molecule has 0 radical (unpaired) electrons. The van der Waals surface area contributed by atoms with Crippen molar-refractivity contribution in [2.75, 3.05) is 7.05 Å². The second-order valence-electron chi connectivity index (χ2n) is 5.71. The highest BCUT2D eigenvalue weighted by Crippen LogP contribution is 2.25. The van der Waals surface area contributed by atoms with E-state index >= 15 is 0 Å². The van der Waals surface area contributed by atoms with Crippen molar-refractivity contribution in [1.29, 1.82) is 0 Å². The molecule has 1 heterocycles. The van der Waals surface area contributed by atoms with E-state index in [0.29, 0.717) is 17.4 Å². The van der Waals surface area contributed by atoms with Gasteiger partial charge < -0.3 is 5.32 Å². The summed E-state index contributed by atoms with van der Waals surface area (Å²) < 4.78 is 27.7. The zero-order valence-corrected chi connectivity index (χ0v) is 13.8. The maximum Gasteiger partial charge on any atom is 0.241 e. The fourth-order valence-electron chi connectivity index (χ4n) is 2.66. The Bertz CT molecular complexity index is 525. The molecule has 2 rings (SSSR count). The third-order valence-electron chi connectivity index (χ3n) is 3.87. The summed E-state index contributed by atoms with van der Waals surface area (Å²) in [5.74, 6) is 0.716. The van der Waals surface area contributed by atoms with Gasteiger partial charge >= 0.3 is 0 Å². The lowest BCUT2D eigenvalue weighted by molar-refractivity contribution is 0.484. The summed E-state index contributed by atoms with van der Waals surface area (Å²) >= 11 is 1.49. The van der Waals surface area contributed by atoms with E-state index in [0.717, 1.165) is 30.6 Å². The summed E-state index contributed by atoms with van der Waals surface area (Å²) in [5.41, 5.74) is 0. The van der Waals surface area contributed by atoms with E-state index in [2.05, 4.69) is 17.0 Å². The third kappa shape index (κ3) is 4.28. The minimum absolute atomic E-state index is 0.0950. The van der Waals surface area contributed by atoms with E-state index in [9.17, 15) is 8.42 Å². The average molecular weight is 316 g/mol. The van der Waals surface area contributed by atoms with E-state index in [-0.39, 0.29) is 6.04 Å². The summed E-state index contributed by atoms with van der Waals surface area (Å²) in [5, 5.41) is 4.77. The van der Waals surface area contributed by atoms with Gasteiger partial charge in [0.1, 0.15) is 0 Å². The number of hydrogen-bond donors (Lipinski definition) is 2. The molecule has 1 aromatic heterocycles. The zero-order valence-electron chi connectivity index (χ0n) is 12.2.